The first-order valence-corrected chi connectivity index (χ1v) is 6.15. The fourth-order valence-electron chi connectivity index (χ4n) is 4.13. The van der Waals surface area contributed by atoms with Crippen molar-refractivity contribution in [2.45, 2.75) is 12.8 Å². The van der Waals surface area contributed by atoms with E-state index in [1.807, 2.05) is 24.3 Å². The standard InChI is InChI=1S/C14H16O4/c1-17-11(15)13-7-5-9(8-13)14(12(16)18-2)6-3-4-10(13)14/h3,5-7,9-10H,4,8H2,1-2H3/t9-,10+,13-,14+/m0/s1. The number of fused-ring (bicyclic) bond motifs is 5. The lowest BCUT2D eigenvalue weighted by atomic mass is 9.66. The minimum atomic E-state index is -0.655. The van der Waals surface area contributed by atoms with Crippen LogP contribution in [0.5, 0.6) is 0 Å². The summed E-state index contributed by atoms with van der Waals surface area (Å²) in [5, 5.41) is 0. The van der Waals surface area contributed by atoms with Crippen LogP contribution in [0.1, 0.15) is 12.8 Å². The van der Waals surface area contributed by atoms with Crippen molar-refractivity contribution < 1.29 is 19.1 Å². The zero-order valence-corrected chi connectivity index (χ0v) is 10.5. The topological polar surface area (TPSA) is 52.6 Å². The number of carbonyl (C=O) groups excluding carboxylic acids is 2. The summed E-state index contributed by atoms with van der Waals surface area (Å²) >= 11 is 0. The predicted octanol–water partition coefficient (Wildman–Crippen LogP) is 1.47. The van der Waals surface area contributed by atoms with Crippen LogP contribution in [0.3, 0.4) is 0 Å². The largest absolute Gasteiger partial charge is 0.468 e. The van der Waals surface area contributed by atoms with Crippen molar-refractivity contribution in [1.82, 2.24) is 0 Å². The highest BCUT2D eigenvalue weighted by Gasteiger charge is 2.70. The van der Waals surface area contributed by atoms with E-state index >= 15 is 0 Å². The summed E-state index contributed by atoms with van der Waals surface area (Å²) in [6.45, 7) is 0. The van der Waals surface area contributed by atoms with Gasteiger partial charge in [-0.15, -0.1) is 0 Å². The first-order valence-electron chi connectivity index (χ1n) is 6.15. The molecule has 0 aromatic carbocycles. The molecule has 4 heteroatoms. The lowest BCUT2D eigenvalue weighted by Crippen LogP contribution is -2.44. The molecule has 3 rings (SSSR count). The van der Waals surface area contributed by atoms with Crippen LogP contribution in [0.15, 0.2) is 24.3 Å². The Hall–Kier alpha value is -1.58. The molecule has 0 aliphatic heterocycles. The Morgan fingerprint density at radius 2 is 1.89 bits per heavy atom. The summed E-state index contributed by atoms with van der Waals surface area (Å²) in [6.07, 6.45) is 9.21. The van der Waals surface area contributed by atoms with Gasteiger partial charge in [0.05, 0.1) is 25.0 Å². The lowest BCUT2D eigenvalue weighted by molar-refractivity contribution is -0.158. The van der Waals surface area contributed by atoms with Crippen molar-refractivity contribution in [2.24, 2.45) is 22.7 Å². The molecule has 3 aliphatic rings. The van der Waals surface area contributed by atoms with Crippen molar-refractivity contribution in [3.63, 3.8) is 0 Å². The maximum Gasteiger partial charge on any atom is 0.316 e. The molecular weight excluding hydrogens is 232 g/mol. The minimum Gasteiger partial charge on any atom is -0.468 e. The van der Waals surface area contributed by atoms with Gasteiger partial charge in [0.1, 0.15) is 0 Å². The van der Waals surface area contributed by atoms with Crippen LogP contribution in [-0.4, -0.2) is 26.2 Å². The summed E-state index contributed by atoms with van der Waals surface area (Å²) in [5.41, 5.74) is -1.30. The van der Waals surface area contributed by atoms with Crippen molar-refractivity contribution >= 4 is 11.9 Å². The third-order valence-corrected chi connectivity index (χ3v) is 4.87. The van der Waals surface area contributed by atoms with Crippen molar-refractivity contribution in [3.8, 4) is 0 Å². The van der Waals surface area contributed by atoms with Gasteiger partial charge in [0, 0.05) is 5.92 Å². The van der Waals surface area contributed by atoms with Gasteiger partial charge in [-0.3, -0.25) is 9.59 Å². The second kappa shape index (κ2) is 3.46. The molecule has 0 aromatic heterocycles. The second-order valence-corrected chi connectivity index (χ2v) is 5.32. The molecule has 1 saturated carbocycles. The molecule has 96 valence electrons. The van der Waals surface area contributed by atoms with E-state index in [1.54, 1.807) is 0 Å². The number of rotatable bonds is 2. The highest BCUT2D eigenvalue weighted by Crippen LogP contribution is 2.67. The quantitative estimate of drug-likeness (QED) is 0.548. The van der Waals surface area contributed by atoms with Gasteiger partial charge in [-0.2, -0.15) is 0 Å². The molecular formula is C14H16O4. The van der Waals surface area contributed by atoms with E-state index in [9.17, 15) is 9.59 Å². The van der Waals surface area contributed by atoms with Crippen LogP contribution in [0, 0.1) is 22.7 Å². The molecule has 0 N–H and O–H groups in total. The van der Waals surface area contributed by atoms with E-state index in [2.05, 4.69) is 0 Å². The van der Waals surface area contributed by atoms with E-state index in [-0.39, 0.29) is 23.8 Å². The smallest absolute Gasteiger partial charge is 0.316 e. The SMILES string of the molecule is COC(=O)[C@@]12C=CC[C@@H]1[C@]1(C(=O)OC)C=C[C@H]2C1. The molecule has 2 bridgehead atoms. The Morgan fingerprint density at radius 3 is 2.56 bits per heavy atom. The molecule has 0 unspecified atom stereocenters. The number of methoxy groups -OCH3 is 2. The van der Waals surface area contributed by atoms with Gasteiger partial charge in [0.15, 0.2) is 0 Å². The number of ether oxygens (including phenoxy) is 2. The van der Waals surface area contributed by atoms with Crippen molar-refractivity contribution in [1.29, 1.82) is 0 Å². The maximum atomic E-state index is 12.2. The molecule has 0 saturated heterocycles. The van der Waals surface area contributed by atoms with Gasteiger partial charge in [-0.1, -0.05) is 24.3 Å². The predicted molar refractivity (Wildman–Crippen MR) is 63.4 cm³/mol. The minimum absolute atomic E-state index is 0.0489. The molecule has 0 radical (unpaired) electrons. The monoisotopic (exact) mass is 248 g/mol. The third kappa shape index (κ3) is 1.02. The Bertz CT molecular complexity index is 478. The molecule has 0 spiro atoms. The van der Waals surface area contributed by atoms with Gasteiger partial charge in [0.25, 0.3) is 0 Å². The molecule has 4 atom stereocenters. The Labute approximate surface area is 106 Å². The molecule has 0 heterocycles. The zero-order chi connectivity index (χ0) is 13.0. The summed E-state index contributed by atoms with van der Waals surface area (Å²) in [5.74, 6) is -0.477. The summed E-state index contributed by atoms with van der Waals surface area (Å²) in [7, 11) is 2.81. The highest BCUT2D eigenvalue weighted by molar-refractivity contribution is 5.89. The van der Waals surface area contributed by atoms with Crippen LogP contribution in [0.25, 0.3) is 0 Å². The van der Waals surface area contributed by atoms with E-state index in [1.165, 1.54) is 14.2 Å². The summed E-state index contributed by atoms with van der Waals surface area (Å²) in [6, 6.07) is 0. The first-order chi connectivity index (χ1) is 8.61. The lowest BCUT2D eigenvalue weighted by Gasteiger charge is -2.36. The fourth-order valence-corrected chi connectivity index (χ4v) is 4.13. The van der Waals surface area contributed by atoms with Crippen LogP contribution in [-0.2, 0) is 19.1 Å². The van der Waals surface area contributed by atoms with Gasteiger partial charge in [-0.05, 0) is 18.8 Å². The average molecular weight is 248 g/mol. The van der Waals surface area contributed by atoms with Crippen LogP contribution in [0.4, 0.5) is 0 Å². The molecule has 0 amide bonds. The van der Waals surface area contributed by atoms with E-state index in [0.29, 0.717) is 6.42 Å². The van der Waals surface area contributed by atoms with Gasteiger partial charge in [-0.25, -0.2) is 0 Å². The van der Waals surface area contributed by atoms with Gasteiger partial charge in [0.2, 0.25) is 0 Å². The number of allylic oxidation sites excluding steroid dienone is 2. The molecule has 18 heavy (non-hydrogen) atoms. The van der Waals surface area contributed by atoms with E-state index in [4.69, 9.17) is 9.47 Å². The molecule has 4 nitrogen and oxygen atoms in total. The number of hydrogen-bond donors (Lipinski definition) is 0. The second-order valence-electron chi connectivity index (χ2n) is 5.32. The normalized spacial score (nSPS) is 43.0. The Morgan fingerprint density at radius 1 is 1.17 bits per heavy atom. The van der Waals surface area contributed by atoms with Gasteiger partial charge >= 0.3 is 11.9 Å². The average Bonchev–Trinajstić information content (AvgIpc) is 3.06. The van der Waals surface area contributed by atoms with Crippen LogP contribution >= 0.6 is 0 Å². The first kappa shape index (κ1) is 11.5. The highest BCUT2D eigenvalue weighted by atomic mass is 16.5. The van der Waals surface area contributed by atoms with E-state index in [0.717, 1.165) is 6.42 Å². The van der Waals surface area contributed by atoms with Crippen molar-refractivity contribution in [3.05, 3.63) is 24.3 Å². The van der Waals surface area contributed by atoms with Crippen LogP contribution in [0.2, 0.25) is 0 Å². The fraction of sp³-hybridized carbons (Fsp3) is 0.571. The zero-order valence-electron chi connectivity index (χ0n) is 10.5. The number of hydrogen-bond acceptors (Lipinski definition) is 4. The maximum absolute atomic E-state index is 12.2. The molecule has 3 aliphatic carbocycles. The van der Waals surface area contributed by atoms with Crippen molar-refractivity contribution in [2.75, 3.05) is 14.2 Å². The number of carbonyl (C=O) groups is 2. The third-order valence-electron chi connectivity index (χ3n) is 4.87. The Kier molecular flexibility index (Phi) is 2.22. The number of esters is 2. The van der Waals surface area contributed by atoms with Gasteiger partial charge < -0.3 is 9.47 Å². The van der Waals surface area contributed by atoms with Crippen LogP contribution < -0.4 is 0 Å². The summed E-state index contributed by atoms with van der Waals surface area (Å²) < 4.78 is 9.93. The Balaban J connectivity index is 2.10. The summed E-state index contributed by atoms with van der Waals surface area (Å²) in [4.78, 5) is 24.3. The molecule has 0 aromatic rings. The molecule has 1 fully saturated rings. The van der Waals surface area contributed by atoms with E-state index < -0.39 is 10.8 Å².